The molecular weight excluding hydrogens is 459 g/mol. The number of fused-ring (bicyclic) bond motifs is 1. The second-order valence-electron chi connectivity index (χ2n) is 6.27. The van der Waals surface area contributed by atoms with E-state index in [1.54, 1.807) is 12.4 Å². The molecule has 0 saturated carbocycles. The van der Waals surface area contributed by atoms with Crippen molar-refractivity contribution in [3.05, 3.63) is 54.5 Å². The molecule has 1 N–H and O–H groups in total. The molecule has 3 heterocycles. The average Bonchev–Trinajstić information content (AvgIpc) is 3.27. The molecule has 2 aromatic heterocycles. The summed E-state index contributed by atoms with van der Waals surface area (Å²) in [5.41, 5.74) is 2.67. The standard InChI is InChI=1S/C19H22N5.3C2H6.Y/c1-2-7-18-17(6-1)16(15-22-18)5-3-10-23-11-13-24(14-12-23)19-20-8-4-9-21-19;3*1-2;/h1-2,6-9,15,22H,3,5,10-14H2;3*1-2H3;/q-1;;;;. The maximum atomic E-state index is 4.29. The molecule has 5 nitrogen and oxygen atoms in total. The average molecular weight is 500 g/mol. The molecule has 3 aromatic rings. The SMILES string of the molecule is CC.CC.CC.[Y].[c-]1cnc(N2CCN(CCCc3c[nH]c4ccccc34)CC2)nc1. The normalized spacial score (nSPS) is 12.9. The molecule has 1 radical (unpaired) electrons. The van der Waals surface area contributed by atoms with Gasteiger partial charge in [0.2, 0.25) is 5.95 Å². The van der Waals surface area contributed by atoms with Crippen LogP contribution in [0.1, 0.15) is 53.5 Å². The number of anilines is 1. The van der Waals surface area contributed by atoms with Gasteiger partial charge in [0.15, 0.2) is 0 Å². The predicted octanol–water partition coefficient (Wildman–Crippen LogP) is 5.59. The number of benzene rings is 1. The number of nitrogens with one attached hydrogen (secondary N) is 1. The molecule has 0 amide bonds. The Labute approximate surface area is 214 Å². The van der Waals surface area contributed by atoms with Crippen LogP contribution in [-0.2, 0) is 39.1 Å². The Balaban J connectivity index is 0.00000119. The molecule has 31 heavy (non-hydrogen) atoms. The molecular formula is C25H40N5Y-. The molecule has 0 bridgehead atoms. The number of hydrogen-bond acceptors (Lipinski definition) is 4. The van der Waals surface area contributed by atoms with Crippen LogP contribution in [0.4, 0.5) is 5.95 Å². The fourth-order valence-corrected chi connectivity index (χ4v) is 3.42. The predicted molar refractivity (Wildman–Crippen MR) is 130 cm³/mol. The van der Waals surface area contributed by atoms with Crippen LogP contribution >= 0.6 is 0 Å². The second kappa shape index (κ2) is 18.3. The first-order valence-corrected chi connectivity index (χ1v) is 11.6. The third-order valence-electron chi connectivity index (χ3n) is 4.76. The van der Waals surface area contributed by atoms with Gasteiger partial charge in [-0.2, -0.15) is 0 Å². The zero-order chi connectivity index (χ0) is 22.2. The van der Waals surface area contributed by atoms with Gasteiger partial charge in [0.1, 0.15) is 0 Å². The molecule has 6 heteroatoms. The van der Waals surface area contributed by atoms with Crippen molar-refractivity contribution in [2.45, 2.75) is 54.4 Å². The smallest absolute Gasteiger partial charge is 0.219 e. The minimum absolute atomic E-state index is 0. The van der Waals surface area contributed by atoms with Crippen LogP contribution in [0.5, 0.6) is 0 Å². The molecule has 0 atom stereocenters. The third kappa shape index (κ3) is 9.38. The summed E-state index contributed by atoms with van der Waals surface area (Å²) < 4.78 is 0. The van der Waals surface area contributed by atoms with E-state index in [1.165, 1.54) is 22.9 Å². The van der Waals surface area contributed by atoms with E-state index in [2.05, 4.69) is 61.3 Å². The fraction of sp³-hybridized carbons (Fsp3) is 0.520. The molecule has 1 aliphatic heterocycles. The van der Waals surface area contributed by atoms with Gasteiger partial charge < -0.3 is 16.0 Å². The van der Waals surface area contributed by atoms with E-state index in [1.807, 2.05) is 41.5 Å². The van der Waals surface area contributed by atoms with Crippen LogP contribution < -0.4 is 4.90 Å². The number of nitrogens with zero attached hydrogens (tertiary/aromatic N) is 4. The van der Waals surface area contributed by atoms with Gasteiger partial charge in [-0.1, -0.05) is 59.7 Å². The van der Waals surface area contributed by atoms with Crippen molar-refractivity contribution in [1.29, 1.82) is 0 Å². The van der Waals surface area contributed by atoms with Gasteiger partial charge in [-0.15, -0.1) is 12.4 Å². The number of hydrogen-bond donors (Lipinski definition) is 1. The van der Waals surface area contributed by atoms with Crippen molar-refractivity contribution >= 4 is 16.9 Å². The van der Waals surface area contributed by atoms with Crippen LogP contribution in [0, 0.1) is 6.07 Å². The summed E-state index contributed by atoms with van der Waals surface area (Å²) in [7, 11) is 0. The van der Waals surface area contributed by atoms with E-state index >= 15 is 0 Å². The first kappa shape index (κ1) is 29.7. The van der Waals surface area contributed by atoms with Gasteiger partial charge in [-0.05, 0) is 31.0 Å². The maximum absolute atomic E-state index is 4.29. The third-order valence-corrected chi connectivity index (χ3v) is 4.76. The van der Waals surface area contributed by atoms with Crippen molar-refractivity contribution in [3.63, 3.8) is 0 Å². The van der Waals surface area contributed by atoms with Crippen LogP contribution in [0.25, 0.3) is 10.9 Å². The van der Waals surface area contributed by atoms with Crippen molar-refractivity contribution in [2.24, 2.45) is 0 Å². The molecule has 0 aliphatic carbocycles. The summed E-state index contributed by atoms with van der Waals surface area (Å²) in [5.74, 6) is 0.826. The van der Waals surface area contributed by atoms with Crippen LogP contribution in [-0.4, -0.2) is 52.6 Å². The zero-order valence-electron chi connectivity index (χ0n) is 20.4. The van der Waals surface area contributed by atoms with Gasteiger partial charge in [0, 0.05) is 76.0 Å². The van der Waals surface area contributed by atoms with Crippen molar-refractivity contribution < 1.29 is 32.7 Å². The second-order valence-corrected chi connectivity index (χ2v) is 6.27. The largest absolute Gasteiger partial charge is 0.434 e. The summed E-state index contributed by atoms with van der Waals surface area (Å²) in [6.07, 6.45) is 7.86. The molecule has 0 unspecified atom stereocenters. The topological polar surface area (TPSA) is 48.1 Å². The van der Waals surface area contributed by atoms with Gasteiger partial charge in [0.05, 0.1) is 0 Å². The van der Waals surface area contributed by atoms with E-state index in [9.17, 15) is 0 Å². The van der Waals surface area contributed by atoms with Crippen LogP contribution in [0.2, 0.25) is 0 Å². The van der Waals surface area contributed by atoms with E-state index in [-0.39, 0.29) is 32.7 Å². The maximum Gasteiger partial charge on any atom is 0.219 e. The number of aromatic nitrogens is 3. The molecule has 1 fully saturated rings. The number of aryl methyl sites for hydroxylation is 1. The summed E-state index contributed by atoms with van der Waals surface area (Å²) >= 11 is 0. The van der Waals surface area contributed by atoms with Gasteiger partial charge in [-0.3, -0.25) is 14.9 Å². The molecule has 1 saturated heterocycles. The Morgan fingerprint density at radius 2 is 1.52 bits per heavy atom. The number of rotatable bonds is 5. The van der Waals surface area contributed by atoms with Crippen LogP contribution in [0.3, 0.4) is 0 Å². The van der Waals surface area contributed by atoms with E-state index in [0.717, 1.165) is 45.1 Å². The Kier molecular flexibility index (Phi) is 17.5. The Hall–Kier alpha value is -1.30. The van der Waals surface area contributed by atoms with E-state index < -0.39 is 0 Å². The monoisotopic (exact) mass is 499 g/mol. The minimum atomic E-state index is 0. The van der Waals surface area contributed by atoms with Gasteiger partial charge in [-0.25, -0.2) is 0 Å². The first-order valence-electron chi connectivity index (χ1n) is 11.6. The molecule has 4 rings (SSSR count). The number of aromatic amines is 1. The molecule has 1 aromatic carbocycles. The molecule has 0 spiro atoms. The summed E-state index contributed by atoms with van der Waals surface area (Å²) in [4.78, 5) is 16.7. The van der Waals surface area contributed by atoms with E-state index in [0.29, 0.717) is 0 Å². The van der Waals surface area contributed by atoms with Crippen molar-refractivity contribution in [2.75, 3.05) is 37.6 Å². The summed E-state index contributed by atoms with van der Waals surface area (Å²) in [6, 6.07) is 11.4. The van der Waals surface area contributed by atoms with E-state index in [4.69, 9.17) is 0 Å². The van der Waals surface area contributed by atoms with Crippen molar-refractivity contribution in [1.82, 2.24) is 19.9 Å². The number of para-hydroxylation sites is 1. The number of piperazine rings is 1. The Bertz CT molecular complexity index is 783. The fourth-order valence-electron chi connectivity index (χ4n) is 3.42. The summed E-state index contributed by atoms with van der Waals surface area (Å²) in [6.45, 7) is 17.3. The van der Waals surface area contributed by atoms with Crippen molar-refractivity contribution in [3.8, 4) is 0 Å². The zero-order valence-corrected chi connectivity index (χ0v) is 23.2. The quantitative estimate of drug-likeness (QED) is 0.465. The Morgan fingerprint density at radius 3 is 2.16 bits per heavy atom. The van der Waals surface area contributed by atoms with Gasteiger partial charge >= 0.3 is 0 Å². The first-order chi connectivity index (χ1) is 14.9. The minimum Gasteiger partial charge on any atom is -0.434 e. The molecule has 169 valence electrons. The number of H-pyrrole nitrogens is 1. The summed E-state index contributed by atoms with van der Waals surface area (Å²) in [5, 5.41) is 1.36. The van der Waals surface area contributed by atoms with Crippen LogP contribution in [0.15, 0.2) is 42.9 Å². The molecule has 1 aliphatic rings. The Morgan fingerprint density at radius 1 is 0.903 bits per heavy atom. The van der Waals surface area contributed by atoms with Gasteiger partial charge in [0.25, 0.3) is 0 Å².